The standard InChI is InChI=1S/C14H24N2O5/c1-10(2)3-4-11(17)15-8-12(18)16-14(7-13(19)20)5-6-21-9-14/h10H,3-9H2,1-2H3,(H,15,17)(H,16,18)(H,19,20). The molecular formula is C14H24N2O5. The molecule has 0 aromatic carbocycles. The minimum atomic E-state index is -0.984. The summed E-state index contributed by atoms with van der Waals surface area (Å²) in [6.45, 7) is 4.52. The normalized spacial score (nSPS) is 21.3. The zero-order chi connectivity index (χ0) is 15.9. The zero-order valence-electron chi connectivity index (χ0n) is 12.6. The Bertz CT molecular complexity index is 389. The smallest absolute Gasteiger partial charge is 0.305 e. The molecule has 1 aliphatic heterocycles. The van der Waals surface area contributed by atoms with E-state index in [9.17, 15) is 14.4 Å². The second-order valence-electron chi connectivity index (χ2n) is 5.91. The molecular weight excluding hydrogens is 276 g/mol. The van der Waals surface area contributed by atoms with Gasteiger partial charge in [0.15, 0.2) is 0 Å². The third kappa shape index (κ3) is 6.57. The molecule has 0 bridgehead atoms. The first-order chi connectivity index (χ1) is 9.83. The molecule has 7 nitrogen and oxygen atoms in total. The lowest BCUT2D eigenvalue weighted by Gasteiger charge is -2.27. The van der Waals surface area contributed by atoms with Crippen molar-refractivity contribution in [1.29, 1.82) is 0 Å². The first-order valence-electron chi connectivity index (χ1n) is 7.20. The number of carbonyl (C=O) groups excluding carboxylic acids is 2. The monoisotopic (exact) mass is 300 g/mol. The fourth-order valence-corrected chi connectivity index (χ4v) is 2.21. The summed E-state index contributed by atoms with van der Waals surface area (Å²) in [4.78, 5) is 34.3. The summed E-state index contributed by atoms with van der Waals surface area (Å²) in [6.07, 6.45) is 1.44. The minimum Gasteiger partial charge on any atom is -0.481 e. The third-order valence-corrected chi connectivity index (χ3v) is 3.39. The Kier molecular flexibility index (Phi) is 6.61. The van der Waals surface area contributed by atoms with Crippen LogP contribution in [0.15, 0.2) is 0 Å². The number of hydrogen-bond acceptors (Lipinski definition) is 4. The van der Waals surface area contributed by atoms with Crippen LogP contribution in [0.25, 0.3) is 0 Å². The van der Waals surface area contributed by atoms with Crippen LogP contribution in [0.1, 0.15) is 39.5 Å². The molecule has 0 radical (unpaired) electrons. The number of nitrogens with one attached hydrogen (secondary N) is 2. The van der Waals surface area contributed by atoms with E-state index in [-0.39, 0.29) is 31.4 Å². The molecule has 0 aliphatic carbocycles. The Morgan fingerprint density at radius 3 is 2.52 bits per heavy atom. The fraction of sp³-hybridized carbons (Fsp3) is 0.786. The average molecular weight is 300 g/mol. The van der Waals surface area contributed by atoms with Gasteiger partial charge in [-0.1, -0.05) is 13.8 Å². The molecule has 0 saturated carbocycles. The molecule has 1 unspecified atom stereocenters. The Labute approximate surface area is 124 Å². The van der Waals surface area contributed by atoms with E-state index in [0.717, 1.165) is 6.42 Å². The number of ether oxygens (including phenoxy) is 1. The number of carboxylic acid groups (broad SMARTS) is 1. The van der Waals surface area contributed by atoms with Gasteiger partial charge in [-0.25, -0.2) is 0 Å². The summed E-state index contributed by atoms with van der Waals surface area (Å²) in [6, 6.07) is 0. The van der Waals surface area contributed by atoms with Gasteiger partial charge in [-0.15, -0.1) is 0 Å². The van der Waals surface area contributed by atoms with Gasteiger partial charge in [0, 0.05) is 13.0 Å². The van der Waals surface area contributed by atoms with Crippen LogP contribution in [-0.4, -0.2) is 48.2 Å². The second-order valence-corrected chi connectivity index (χ2v) is 5.91. The number of amides is 2. The van der Waals surface area contributed by atoms with Crippen molar-refractivity contribution in [2.45, 2.75) is 45.1 Å². The highest BCUT2D eigenvalue weighted by Crippen LogP contribution is 2.22. The van der Waals surface area contributed by atoms with E-state index >= 15 is 0 Å². The van der Waals surface area contributed by atoms with Crippen LogP contribution >= 0.6 is 0 Å². The second kappa shape index (κ2) is 7.97. The maximum atomic E-state index is 11.9. The molecule has 1 atom stereocenters. The van der Waals surface area contributed by atoms with E-state index in [4.69, 9.17) is 9.84 Å². The lowest BCUT2D eigenvalue weighted by Crippen LogP contribution is -2.53. The van der Waals surface area contributed by atoms with E-state index < -0.39 is 11.5 Å². The van der Waals surface area contributed by atoms with Crippen LogP contribution in [-0.2, 0) is 19.1 Å². The van der Waals surface area contributed by atoms with Gasteiger partial charge in [0.1, 0.15) is 0 Å². The number of rotatable bonds is 8. The molecule has 120 valence electrons. The number of carboxylic acids is 1. The van der Waals surface area contributed by atoms with Gasteiger partial charge in [-0.3, -0.25) is 14.4 Å². The summed E-state index contributed by atoms with van der Waals surface area (Å²) in [5.74, 6) is -1.12. The van der Waals surface area contributed by atoms with Gasteiger partial charge in [0.25, 0.3) is 0 Å². The highest BCUT2D eigenvalue weighted by Gasteiger charge is 2.38. The first kappa shape index (κ1) is 17.4. The van der Waals surface area contributed by atoms with Gasteiger partial charge in [-0.2, -0.15) is 0 Å². The highest BCUT2D eigenvalue weighted by atomic mass is 16.5. The molecule has 0 spiro atoms. The zero-order valence-corrected chi connectivity index (χ0v) is 12.6. The number of hydrogen-bond donors (Lipinski definition) is 3. The Morgan fingerprint density at radius 1 is 1.29 bits per heavy atom. The lowest BCUT2D eigenvalue weighted by molar-refractivity contribution is -0.139. The molecule has 0 aromatic heterocycles. The van der Waals surface area contributed by atoms with Crippen molar-refractivity contribution in [1.82, 2.24) is 10.6 Å². The van der Waals surface area contributed by atoms with Crippen LogP contribution in [0, 0.1) is 5.92 Å². The Balaban J connectivity index is 2.37. The maximum absolute atomic E-state index is 11.9. The quantitative estimate of drug-likeness (QED) is 0.597. The lowest BCUT2D eigenvalue weighted by atomic mass is 9.94. The molecule has 21 heavy (non-hydrogen) atoms. The van der Waals surface area contributed by atoms with Crippen LogP contribution in [0.5, 0.6) is 0 Å². The molecule has 3 N–H and O–H groups in total. The summed E-state index contributed by atoms with van der Waals surface area (Å²) < 4.78 is 5.19. The van der Waals surface area contributed by atoms with Gasteiger partial charge in [-0.05, 0) is 18.8 Å². The first-order valence-corrected chi connectivity index (χ1v) is 7.20. The van der Waals surface area contributed by atoms with Crippen molar-refractivity contribution in [3.63, 3.8) is 0 Å². The molecule has 7 heteroatoms. The molecule has 1 fully saturated rings. The van der Waals surface area contributed by atoms with Crippen molar-refractivity contribution >= 4 is 17.8 Å². The molecule has 0 aromatic rings. The van der Waals surface area contributed by atoms with Crippen molar-refractivity contribution in [3.8, 4) is 0 Å². The Hall–Kier alpha value is -1.63. The largest absolute Gasteiger partial charge is 0.481 e. The van der Waals surface area contributed by atoms with E-state index in [0.29, 0.717) is 25.4 Å². The summed E-state index contributed by atoms with van der Waals surface area (Å²) >= 11 is 0. The van der Waals surface area contributed by atoms with Crippen molar-refractivity contribution < 1.29 is 24.2 Å². The van der Waals surface area contributed by atoms with Gasteiger partial charge < -0.3 is 20.5 Å². The fourth-order valence-electron chi connectivity index (χ4n) is 2.21. The SMILES string of the molecule is CC(C)CCC(=O)NCC(=O)NC1(CC(=O)O)CCOC1. The maximum Gasteiger partial charge on any atom is 0.305 e. The van der Waals surface area contributed by atoms with Crippen LogP contribution in [0.4, 0.5) is 0 Å². The molecule has 1 heterocycles. The van der Waals surface area contributed by atoms with E-state index in [1.165, 1.54) is 0 Å². The number of aliphatic carboxylic acids is 1. The van der Waals surface area contributed by atoms with Crippen molar-refractivity contribution in [2.75, 3.05) is 19.8 Å². The predicted octanol–water partition coefficient (Wildman–Crippen LogP) is 0.289. The summed E-state index contributed by atoms with van der Waals surface area (Å²) in [5.41, 5.74) is -0.856. The molecule has 1 rings (SSSR count). The summed E-state index contributed by atoms with van der Waals surface area (Å²) in [5, 5.41) is 14.1. The average Bonchev–Trinajstić information content (AvgIpc) is 2.81. The van der Waals surface area contributed by atoms with Crippen LogP contribution in [0.3, 0.4) is 0 Å². The Morgan fingerprint density at radius 2 is 2.00 bits per heavy atom. The van der Waals surface area contributed by atoms with Crippen molar-refractivity contribution in [2.24, 2.45) is 5.92 Å². The van der Waals surface area contributed by atoms with Crippen LogP contribution < -0.4 is 10.6 Å². The summed E-state index contributed by atoms with van der Waals surface area (Å²) in [7, 11) is 0. The van der Waals surface area contributed by atoms with Gasteiger partial charge >= 0.3 is 5.97 Å². The topological polar surface area (TPSA) is 105 Å². The minimum absolute atomic E-state index is 0.141. The van der Waals surface area contributed by atoms with E-state index in [2.05, 4.69) is 10.6 Å². The van der Waals surface area contributed by atoms with Crippen LogP contribution in [0.2, 0.25) is 0 Å². The molecule has 2 amide bonds. The highest BCUT2D eigenvalue weighted by molar-refractivity contribution is 5.85. The van der Waals surface area contributed by atoms with Crippen molar-refractivity contribution in [3.05, 3.63) is 0 Å². The predicted molar refractivity (Wildman–Crippen MR) is 75.6 cm³/mol. The van der Waals surface area contributed by atoms with Gasteiger partial charge in [0.05, 0.1) is 25.1 Å². The van der Waals surface area contributed by atoms with E-state index in [1.54, 1.807) is 0 Å². The third-order valence-electron chi connectivity index (χ3n) is 3.39. The van der Waals surface area contributed by atoms with Gasteiger partial charge in [0.2, 0.25) is 11.8 Å². The molecule has 1 saturated heterocycles. The number of carbonyl (C=O) groups is 3. The molecule has 1 aliphatic rings. The van der Waals surface area contributed by atoms with E-state index in [1.807, 2.05) is 13.8 Å².